The first kappa shape index (κ1) is 16.1. The van der Waals surface area contributed by atoms with Gasteiger partial charge < -0.3 is 10.6 Å². The molecule has 25 heavy (non-hydrogen) atoms. The molecular weight excluding hydrogens is 306 g/mol. The van der Waals surface area contributed by atoms with E-state index in [9.17, 15) is 0 Å². The molecule has 1 aliphatic rings. The van der Waals surface area contributed by atoms with Crippen molar-refractivity contribution in [3.05, 3.63) is 71.3 Å². The van der Waals surface area contributed by atoms with Crippen LogP contribution >= 0.6 is 0 Å². The molecule has 0 fully saturated rings. The van der Waals surface area contributed by atoms with Gasteiger partial charge in [-0.3, -0.25) is 0 Å². The third-order valence-electron chi connectivity index (χ3n) is 5.12. The highest BCUT2D eigenvalue weighted by molar-refractivity contribution is 5.84. The van der Waals surface area contributed by atoms with E-state index >= 15 is 0 Å². The molecule has 128 valence electrons. The number of para-hydroxylation sites is 1. The molecule has 0 atom stereocenters. The lowest BCUT2D eigenvalue weighted by molar-refractivity contribution is 0.754. The van der Waals surface area contributed by atoms with Crippen molar-refractivity contribution in [1.82, 2.24) is 4.98 Å². The summed E-state index contributed by atoms with van der Waals surface area (Å²) in [7, 11) is 0. The zero-order valence-electron chi connectivity index (χ0n) is 14.6. The molecule has 1 aromatic heterocycles. The molecule has 0 unspecified atom stereocenters. The molecule has 0 aliphatic carbocycles. The van der Waals surface area contributed by atoms with Crippen LogP contribution in [0, 0.1) is 0 Å². The zero-order chi connectivity index (χ0) is 17.1. The summed E-state index contributed by atoms with van der Waals surface area (Å²) < 4.78 is 0. The molecular formula is C22H25N3. The summed E-state index contributed by atoms with van der Waals surface area (Å²) in [6.45, 7) is 2.72. The number of aromatic nitrogens is 1. The molecule has 0 spiro atoms. The van der Waals surface area contributed by atoms with Gasteiger partial charge in [-0.25, -0.2) is 4.98 Å². The summed E-state index contributed by atoms with van der Waals surface area (Å²) in [6.07, 6.45) is 4.34. The lowest BCUT2D eigenvalue weighted by Crippen LogP contribution is -2.23. The van der Waals surface area contributed by atoms with Crippen LogP contribution in [-0.2, 0) is 19.4 Å². The Morgan fingerprint density at radius 2 is 1.80 bits per heavy atom. The number of aryl methyl sites for hydroxylation is 2. The van der Waals surface area contributed by atoms with E-state index in [4.69, 9.17) is 10.7 Å². The standard InChI is InChI=1S/C22H25N3/c23-13-5-9-18-15-22(24-21-12-4-3-11-20(18)21)25-14-6-10-17-7-1-2-8-19(17)16-25/h1-4,7-8,11-12,15H,5-6,9-10,13-14,16,23H2. The first-order valence-electron chi connectivity index (χ1n) is 9.25. The van der Waals surface area contributed by atoms with Crippen molar-refractivity contribution in [2.24, 2.45) is 5.73 Å². The van der Waals surface area contributed by atoms with Gasteiger partial charge in [-0.15, -0.1) is 0 Å². The summed E-state index contributed by atoms with van der Waals surface area (Å²) in [4.78, 5) is 7.41. The average molecular weight is 331 g/mol. The Kier molecular flexibility index (Phi) is 4.66. The number of fused-ring (bicyclic) bond motifs is 2. The van der Waals surface area contributed by atoms with Gasteiger partial charge in [0, 0.05) is 18.5 Å². The van der Waals surface area contributed by atoms with Crippen LogP contribution in [0.3, 0.4) is 0 Å². The van der Waals surface area contributed by atoms with Gasteiger partial charge in [0.05, 0.1) is 5.52 Å². The van der Waals surface area contributed by atoms with Crippen LogP contribution in [0.1, 0.15) is 29.5 Å². The minimum atomic E-state index is 0.725. The number of benzene rings is 2. The molecule has 1 aliphatic heterocycles. The molecule has 2 N–H and O–H groups in total. The Hall–Kier alpha value is -2.39. The summed E-state index contributed by atoms with van der Waals surface area (Å²) in [5, 5.41) is 1.26. The highest BCUT2D eigenvalue weighted by atomic mass is 15.2. The Morgan fingerprint density at radius 3 is 2.68 bits per heavy atom. The lowest BCUT2D eigenvalue weighted by atomic mass is 10.0. The smallest absolute Gasteiger partial charge is 0.129 e. The third kappa shape index (κ3) is 3.38. The predicted octanol–water partition coefficient (Wildman–Crippen LogP) is 4.08. The minimum Gasteiger partial charge on any atom is -0.352 e. The SMILES string of the molecule is NCCCc1cc(N2CCCc3ccccc3C2)nc2ccccc12. The summed E-state index contributed by atoms with van der Waals surface area (Å²) in [6, 6.07) is 19.6. The summed E-state index contributed by atoms with van der Waals surface area (Å²) >= 11 is 0. The number of nitrogens with two attached hydrogens (primary N) is 1. The van der Waals surface area contributed by atoms with Gasteiger partial charge in [0.2, 0.25) is 0 Å². The highest BCUT2D eigenvalue weighted by Gasteiger charge is 2.17. The maximum atomic E-state index is 5.75. The number of anilines is 1. The molecule has 0 radical (unpaired) electrons. The van der Waals surface area contributed by atoms with Gasteiger partial charge in [0.15, 0.2) is 0 Å². The second kappa shape index (κ2) is 7.24. The van der Waals surface area contributed by atoms with Crippen molar-refractivity contribution in [2.45, 2.75) is 32.2 Å². The molecule has 0 saturated carbocycles. The van der Waals surface area contributed by atoms with Crippen LogP contribution < -0.4 is 10.6 Å². The predicted molar refractivity (Wildman–Crippen MR) is 105 cm³/mol. The number of nitrogens with zero attached hydrogens (tertiary/aromatic N) is 2. The maximum Gasteiger partial charge on any atom is 0.129 e. The Labute approximate surface area is 149 Å². The molecule has 0 bridgehead atoms. The van der Waals surface area contributed by atoms with Crippen LogP contribution in [0.25, 0.3) is 10.9 Å². The molecule has 3 aromatic rings. The highest BCUT2D eigenvalue weighted by Crippen LogP contribution is 2.27. The van der Waals surface area contributed by atoms with Crippen LogP contribution in [0.5, 0.6) is 0 Å². The van der Waals surface area contributed by atoms with E-state index in [1.54, 1.807) is 0 Å². The van der Waals surface area contributed by atoms with Crippen molar-refractivity contribution >= 4 is 16.7 Å². The molecule has 0 amide bonds. The molecule has 0 saturated heterocycles. The second-order valence-corrected chi connectivity index (χ2v) is 6.84. The van der Waals surface area contributed by atoms with Crippen molar-refractivity contribution in [1.29, 1.82) is 0 Å². The van der Waals surface area contributed by atoms with E-state index < -0.39 is 0 Å². The first-order valence-corrected chi connectivity index (χ1v) is 9.25. The van der Waals surface area contributed by atoms with E-state index in [-0.39, 0.29) is 0 Å². The fourth-order valence-electron chi connectivity index (χ4n) is 3.79. The van der Waals surface area contributed by atoms with Gasteiger partial charge in [-0.1, -0.05) is 42.5 Å². The minimum absolute atomic E-state index is 0.725. The van der Waals surface area contributed by atoms with Crippen LogP contribution in [0.4, 0.5) is 5.82 Å². The van der Waals surface area contributed by atoms with Crippen molar-refractivity contribution < 1.29 is 0 Å². The van der Waals surface area contributed by atoms with E-state index in [1.807, 2.05) is 0 Å². The summed E-state index contributed by atoms with van der Waals surface area (Å²) in [5.74, 6) is 1.10. The van der Waals surface area contributed by atoms with Crippen LogP contribution in [0.15, 0.2) is 54.6 Å². The second-order valence-electron chi connectivity index (χ2n) is 6.84. The van der Waals surface area contributed by atoms with Crippen LogP contribution in [-0.4, -0.2) is 18.1 Å². The fourth-order valence-corrected chi connectivity index (χ4v) is 3.79. The number of hydrogen-bond acceptors (Lipinski definition) is 3. The normalized spacial score (nSPS) is 14.4. The molecule has 3 heteroatoms. The quantitative estimate of drug-likeness (QED) is 0.783. The Morgan fingerprint density at radius 1 is 1.00 bits per heavy atom. The van der Waals surface area contributed by atoms with E-state index in [0.29, 0.717) is 0 Å². The van der Waals surface area contributed by atoms with Gasteiger partial charge >= 0.3 is 0 Å². The summed E-state index contributed by atoms with van der Waals surface area (Å²) in [5.41, 5.74) is 11.1. The van der Waals surface area contributed by atoms with E-state index in [1.165, 1.54) is 28.5 Å². The average Bonchev–Trinajstić information content (AvgIpc) is 2.88. The van der Waals surface area contributed by atoms with E-state index in [2.05, 4.69) is 59.5 Å². The van der Waals surface area contributed by atoms with Gasteiger partial charge in [0.1, 0.15) is 5.82 Å². The van der Waals surface area contributed by atoms with Gasteiger partial charge in [0.25, 0.3) is 0 Å². The van der Waals surface area contributed by atoms with Gasteiger partial charge in [-0.2, -0.15) is 0 Å². The molecule has 2 aromatic carbocycles. The Bertz CT molecular complexity index is 872. The topological polar surface area (TPSA) is 42.1 Å². The fraction of sp³-hybridized carbons (Fsp3) is 0.318. The number of hydrogen-bond donors (Lipinski definition) is 1. The molecule has 3 nitrogen and oxygen atoms in total. The third-order valence-corrected chi connectivity index (χ3v) is 5.12. The number of pyridine rings is 1. The zero-order valence-corrected chi connectivity index (χ0v) is 14.6. The van der Waals surface area contributed by atoms with Crippen molar-refractivity contribution in [3.8, 4) is 0 Å². The van der Waals surface area contributed by atoms with E-state index in [0.717, 1.165) is 50.2 Å². The largest absolute Gasteiger partial charge is 0.352 e. The van der Waals surface area contributed by atoms with Crippen molar-refractivity contribution in [3.63, 3.8) is 0 Å². The Balaban J connectivity index is 1.73. The monoisotopic (exact) mass is 331 g/mol. The molecule has 4 rings (SSSR count). The first-order chi connectivity index (χ1) is 12.3. The lowest BCUT2D eigenvalue weighted by Gasteiger charge is -2.23. The van der Waals surface area contributed by atoms with Gasteiger partial charge in [-0.05, 0) is 61.1 Å². The molecule has 2 heterocycles. The maximum absolute atomic E-state index is 5.75. The van der Waals surface area contributed by atoms with Crippen molar-refractivity contribution in [2.75, 3.05) is 18.0 Å². The van der Waals surface area contributed by atoms with Crippen LogP contribution in [0.2, 0.25) is 0 Å². The number of rotatable bonds is 4.